The van der Waals surface area contributed by atoms with E-state index in [-0.39, 0.29) is 29.8 Å². The van der Waals surface area contributed by atoms with E-state index in [2.05, 4.69) is 19.2 Å². The lowest BCUT2D eigenvalue weighted by Crippen LogP contribution is -2.43. The highest BCUT2D eigenvalue weighted by atomic mass is 16.7. The van der Waals surface area contributed by atoms with Crippen LogP contribution in [0.3, 0.4) is 0 Å². The molecular formula is C25H30N2O4. The predicted molar refractivity (Wildman–Crippen MR) is 117 cm³/mol. The maximum Gasteiger partial charge on any atom is 0.252 e. The molecule has 1 N–H and O–H groups in total. The zero-order chi connectivity index (χ0) is 21.8. The first-order valence-electron chi connectivity index (χ1n) is 11.3. The van der Waals surface area contributed by atoms with Crippen LogP contribution < -0.4 is 14.8 Å². The van der Waals surface area contributed by atoms with Gasteiger partial charge in [0.15, 0.2) is 17.3 Å². The zero-order valence-electron chi connectivity index (χ0n) is 18.5. The molecule has 1 saturated heterocycles. The number of amides is 1. The van der Waals surface area contributed by atoms with Crippen LogP contribution in [0.5, 0.6) is 11.5 Å². The third-order valence-corrected chi connectivity index (χ3v) is 6.84. The number of nitrogens with one attached hydrogen (secondary N) is 1. The van der Waals surface area contributed by atoms with Gasteiger partial charge in [-0.2, -0.15) is 0 Å². The summed E-state index contributed by atoms with van der Waals surface area (Å²) in [6, 6.07) is 5.79. The SMILES string of the molecule is CC1=C(C(=O)N2CCCCC2)[C@@H](c2ccc3c(c2)OCO3)C2=C(CC(C)(C)CC2=O)N1. The number of ketones is 1. The van der Waals surface area contributed by atoms with Gasteiger partial charge in [-0.1, -0.05) is 19.9 Å². The van der Waals surface area contributed by atoms with Gasteiger partial charge in [-0.25, -0.2) is 0 Å². The summed E-state index contributed by atoms with van der Waals surface area (Å²) in [5.41, 5.74) is 4.04. The van der Waals surface area contributed by atoms with Gasteiger partial charge in [0.25, 0.3) is 5.91 Å². The minimum Gasteiger partial charge on any atom is -0.454 e. The summed E-state index contributed by atoms with van der Waals surface area (Å²) in [4.78, 5) is 29.1. The molecule has 1 aromatic rings. The molecule has 31 heavy (non-hydrogen) atoms. The van der Waals surface area contributed by atoms with Crippen molar-refractivity contribution in [3.63, 3.8) is 0 Å². The number of fused-ring (bicyclic) bond motifs is 1. The van der Waals surface area contributed by atoms with Crippen molar-refractivity contribution in [2.45, 2.75) is 58.8 Å². The first kappa shape index (κ1) is 20.2. The zero-order valence-corrected chi connectivity index (χ0v) is 18.5. The number of carbonyl (C=O) groups excluding carboxylic acids is 2. The summed E-state index contributed by atoms with van der Waals surface area (Å²) in [5, 5.41) is 3.46. The van der Waals surface area contributed by atoms with Gasteiger partial charge in [0.05, 0.1) is 0 Å². The van der Waals surface area contributed by atoms with E-state index >= 15 is 0 Å². The molecule has 0 radical (unpaired) electrons. The van der Waals surface area contributed by atoms with Crippen LogP contribution in [0.15, 0.2) is 40.7 Å². The molecule has 1 amide bonds. The highest BCUT2D eigenvalue weighted by Gasteiger charge is 2.43. The number of benzene rings is 1. The van der Waals surface area contributed by atoms with Crippen molar-refractivity contribution in [1.82, 2.24) is 10.2 Å². The Labute approximate surface area is 183 Å². The number of rotatable bonds is 2. The molecule has 6 heteroatoms. The molecule has 0 unspecified atom stereocenters. The first-order valence-corrected chi connectivity index (χ1v) is 11.3. The smallest absolute Gasteiger partial charge is 0.252 e. The lowest BCUT2D eigenvalue weighted by molar-refractivity contribution is -0.128. The van der Waals surface area contributed by atoms with Crippen LogP contribution >= 0.6 is 0 Å². The van der Waals surface area contributed by atoms with E-state index in [0.717, 1.165) is 61.3 Å². The normalized spacial score (nSPS) is 24.8. The van der Waals surface area contributed by atoms with E-state index in [0.29, 0.717) is 23.5 Å². The highest BCUT2D eigenvalue weighted by Crippen LogP contribution is 2.48. The molecule has 4 aliphatic rings. The summed E-state index contributed by atoms with van der Waals surface area (Å²) in [7, 11) is 0. The minimum atomic E-state index is -0.385. The molecule has 1 fully saturated rings. The molecule has 6 nitrogen and oxygen atoms in total. The molecule has 0 saturated carbocycles. The fraction of sp³-hybridized carbons (Fsp3) is 0.520. The maximum absolute atomic E-state index is 13.7. The lowest BCUT2D eigenvalue weighted by atomic mass is 9.68. The van der Waals surface area contributed by atoms with Crippen molar-refractivity contribution >= 4 is 11.7 Å². The molecule has 5 rings (SSSR count). The predicted octanol–water partition coefficient (Wildman–Crippen LogP) is 4.03. The Morgan fingerprint density at radius 2 is 1.84 bits per heavy atom. The van der Waals surface area contributed by atoms with Crippen molar-refractivity contribution in [2.24, 2.45) is 5.41 Å². The molecule has 3 aliphatic heterocycles. The lowest BCUT2D eigenvalue weighted by Gasteiger charge is -2.41. The number of hydrogen-bond donors (Lipinski definition) is 1. The number of Topliss-reactive ketones (excluding diaryl/α,β-unsaturated/α-hetero) is 1. The Hall–Kier alpha value is -2.76. The molecule has 0 spiro atoms. The average Bonchev–Trinajstić information content (AvgIpc) is 3.20. The van der Waals surface area contributed by atoms with E-state index in [1.165, 1.54) is 0 Å². The van der Waals surface area contributed by atoms with Gasteiger partial charge in [0.2, 0.25) is 6.79 Å². The molecular weight excluding hydrogens is 392 g/mol. The summed E-state index contributed by atoms with van der Waals surface area (Å²) >= 11 is 0. The van der Waals surface area contributed by atoms with Crippen LogP contribution in [0.2, 0.25) is 0 Å². The van der Waals surface area contributed by atoms with E-state index in [4.69, 9.17) is 9.47 Å². The van der Waals surface area contributed by atoms with Gasteiger partial charge in [-0.15, -0.1) is 0 Å². The fourth-order valence-corrected chi connectivity index (χ4v) is 5.41. The largest absolute Gasteiger partial charge is 0.454 e. The number of dihydropyridines is 1. The van der Waals surface area contributed by atoms with Gasteiger partial charge in [-0.3, -0.25) is 9.59 Å². The monoisotopic (exact) mass is 422 g/mol. The van der Waals surface area contributed by atoms with E-state index in [1.54, 1.807) is 0 Å². The Morgan fingerprint density at radius 1 is 1.10 bits per heavy atom. The Kier molecular flexibility index (Phi) is 4.83. The number of carbonyl (C=O) groups is 2. The number of ether oxygens (including phenoxy) is 2. The average molecular weight is 423 g/mol. The number of allylic oxidation sites excluding steroid dienone is 3. The number of hydrogen-bond acceptors (Lipinski definition) is 5. The highest BCUT2D eigenvalue weighted by molar-refractivity contribution is 6.05. The molecule has 164 valence electrons. The van der Waals surface area contributed by atoms with Crippen LogP contribution in [0, 0.1) is 5.41 Å². The van der Waals surface area contributed by atoms with Crippen LogP contribution in [0.4, 0.5) is 0 Å². The van der Waals surface area contributed by atoms with Crippen molar-refractivity contribution < 1.29 is 19.1 Å². The van der Waals surface area contributed by atoms with Gasteiger partial charge in [-0.05, 0) is 55.7 Å². The molecule has 1 aromatic carbocycles. The standard InChI is InChI=1S/C25H30N2O4/c1-15-21(24(29)27-9-5-4-6-10-27)22(16-7-8-19-20(11-16)31-14-30-19)23-17(26-15)12-25(2,3)13-18(23)28/h7-8,11,22,26H,4-6,9-10,12-14H2,1-3H3/t22-/m1/s1. The van der Waals surface area contributed by atoms with Crippen molar-refractivity contribution in [3.8, 4) is 11.5 Å². The molecule has 1 aliphatic carbocycles. The Morgan fingerprint density at radius 3 is 2.61 bits per heavy atom. The van der Waals surface area contributed by atoms with Crippen LogP contribution in [-0.4, -0.2) is 36.5 Å². The summed E-state index contributed by atoms with van der Waals surface area (Å²) in [6.45, 7) is 7.96. The second-order valence-corrected chi connectivity index (χ2v) is 9.90. The van der Waals surface area contributed by atoms with Gasteiger partial charge in [0, 0.05) is 48.0 Å². The third-order valence-electron chi connectivity index (χ3n) is 6.84. The first-order chi connectivity index (χ1) is 14.8. The summed E-state index contributed by atoms with van der Waals surface area (Å²) in [6.07, 6.45) is 4.49. The molecule has 0 bridgehead atoms. The molecule has 0 aromatic heterocycles. The van der Waals surface area contributed by atoms with Crippen LogP contribution in [0.1, 0.15) is 64.4 Å². The van der Waals surface area contributed by atoms with Gasteiger partial charge < -0.3 is 19.7 Å². The number of piperidine rings is 1. The number of likely N-dealkylation sites (tertiary alicyclic amines) is 1. The fourth-order valence-electron chi connectivity index (χ4n) is 5.41. The van der Waals surface area contributed by atoms with Gasteiger partial charge in [0.1, 0.15) is 0 Å². The summed E-state index contributed by atoms with van der Waals surface area (Å²) < 4.78 is 11.1. The number of nitrogens with zero attached hydrogens (tertiary/aromatic N) is 1. The van der Waals surface area contributed by atoms with Crippen LogP contribution in [-0.2, 0) is 9.59 Å². The van der Waals surface area contributed by atoms with Gasteiger partial charge >= 0.3 is 0 Å². The second-order valence-electron chi connectivity index (χ2n) is 9.90. The molecule has 1 atom stereocenters. The van der Waals surface area contributed by atoms with Crippen molar-refractivity contribution in [1.29, 1.82) is 0 Å². The quantitative estimate of drug-likeness (QED) is 0.779. The van der Waals surface area contributed by atoms with E-state index in [1.807, 2.05) is 30.0 Å². The van der Waals surface area contributed by atoms with E-state index < -0.39 is 0 Å². The third kappa shape index (κ3) is 3.52. The Bertz CT molecular complexity index is 1010. The topological polar surface area (TPSA) is 67.9 Å². The van der Waals surface area contributed by atoms with Crippen molar-refractivity contribution in [3.05, 3.63) is 46.3 Å². The minimum absolute atomic E-state index is 0.0385. The second kappa shape index (κ2) is 7.43. The van der Waals surface area contributed by atoms with Crippen LogP contribution in [0.25, 0.3) is 0 Å². The van der Waals surface area contributed by atoms with Crippen molar-refractivity contribution in [2.75, 3.05) is 19.9 Å². The maximum atomic E-state index is 13.7. The van der Waals surface area contributed by atoms with E-state index in [9.17, 15) is 9.59 Å². The summed E-state index contributed by atoms with van der Waals surface area (Å²) in [5.74, 6) is 1.15. The molecule has 3 heterocycles. The Balaban J connectivity index is 1.63.